The van der Waals surface area contributed by atoms with E-state index >= 15 is 0 Å². The van der Waals surface area contributed by atoms with Crippen LogP contribution in [0.25, 0.3) is 11.1 Å². The van der Waals surface area contributed by atoms with E-state index in [-0.39, 0.29) is 5.91 Å². The van der Waals surface area contributed by atoms with Crippen molar-refractivity contribution >= 4 is 17.0 Å². The Morgan fingerprint density at radius 1 is 1.14 bits per heavy atom. The molecule has 8 nitrogen and oxygen atoms in total. The van der Waals surface area contributed by atoms with Gasteiger partial charge in [-0.25, -0.2) is 4.98 Å². The van der Waals surface area contributed by atoms with Crippen LogP contribution >= 0.6 is 0 Å². The number of amides is 1. The topological polar surface area (TPSA) is 95.7 Å². The molecular weight excluding hydrogens is 374 g/mol. The Kier molecular flexibility index (Phi) is 5.00. The fraction of sp³-hybridized carbons (Fsp3) is 0.381. The molecule has 0 aliphatic heterocycles. The van der Waals surface area contributed by atoms with Crippen molar-refractivity contribution in [1.29, 1.82) is 0 Å². The molecule has 0 radical (unpaired) electrons. The molecule has 2 heterocycles. The van der Waals surface area contributed by atoms with Crippen molar-refractivity contribution in [1.82, 2.24) is 15.5 Å². The number of methoxy groups -OCH3 is 3. The minimum absolute atomic E-state index is 0.209. The smallest absolute Gasteiger partial charge is 0.259 e. The normalized spacial score (nSPS) is 13.4. The average molecular weight is 397 g/mol. The van der Waals surface area contributed by atoms with Crippen LogP contribution in [-0.4, -0.2) is 37.4 Å². The van der Waals surface area contributed by atoms with Crippen LogP contribution in [0, 0.1) is 6.92 Å². The van der Waals surface area contributed by atoms with Crippen molar-refractivity contribution in [2.45, 2.75) is 32.2 Å². The highest BCUT2D eigenvalue weighted by atomic mass is 16.5. The van der Waals surface area contributed by atoms with Gasteiger partial charge >= 0.3 is 0 Å². The summed E-state index contributed by atoms with van der Waals surface area (Å²) in [4.78, 5) is 17.5. The van der Waals surface area contributed by atoms with Gasteiger partial charge in [-0.3, -0.25) is 4.79 Å². The quantitative estimate of drug-likeness (QED) is 0.653. The van der Waals surface area contributed by atoms with Gasteiger partial charge < -0.3 is 24.1 Å². The number of benzene rings is 1. The third-order valence-electron chi connectivity index (χ3n) is 5.05. The van der Waals surface area contributed by atoms with Gasteiger partial charge in [-0.2, -0.15) is 0 Å². The van der Waals surface area contributed by atoms with Crippen LogP contribution in [0.4, 0.5) is 0 Å². The number of rotatable bonds is 7. The zero-order chi connectivity index (χ0) is 20.5. The highest BCUT2D eigenvalue weighted by Crippen LogP contribution is 2.41. The molecule has 1 aliphatic carbocycles. The third-order valence-corrected chi connectivity index (χ3v) is 5.05. The van der Waals surface area contributed by atoms with Crippen molar-refractivity contribution in [2.24, 2.45) is 0 Å². The van der Waals surface area contributed by atoms with E-state index < -0.39 is 0 Å². The zero-order valence-electron chi connectivity index (χ0n) is 16.9. The van der Waals surface area contributed by atoms with E-state index in [0.717, 1.165) is 24.1 Å². The molecule has 1 aromatic carbocycles. The van der Waals surface area contributed by atoms with Crippen LogP contribution < -0.4 is 19.5 Å². The molecule has 1 fully saturated rings. The van der Waals surface area contributed by atoms with E-state index in [0.29, 0.717) is 52.1 Å². The summed E-state index contributed by atoms with van der Waals surface area (Å²) in [5.74, 6) is 1.77. The van der Waals surface area contributed by atoms with Crippen LogP contribution in [0.3, 0.4) is 0 Å². The lowest BCUT2D eigenvalue weighted by molar-refractivity contribution is 0.0952. The van der Waals surface area contributed by atoms with Crippen molar-refractivity contribution in [2.75, 3.05) is 21.3 Å². The highest BCUT2D eigenvalue weighted by molar-refractivity contribution is 6.06. The summed E-state index contributed by atoms with van der Waals surface area (Å²) in [6.45, 7) is 2.10. The minimum atomic E-state index is -0.209. The van der Waals surface area contributed by atoms with Gasteiger partial charge in [0.1, 0.15) is 0 Å². The molecule has 0 bridgehead atoms. The molecule has 0 atom stereocenters. The van der Waals surface area contributed by atoms with E-state index in [1.54, 1.807) is 28.3 Å². The molecule has 0 spiro atoms. The largest absolute Gasteiger partial charge is 0.493 e. The summed E-state index contributed by atoms with van der Waals surface area (Å²) in [6.07, 6.45) is 2.16. The van der Waals surface area contributed by atoms with Gasteiger partial charge in [0.15, 0.2) is 11.5 Å². The number of hydrogen-bond acceptors (Lipinski definition) is 7. The Balaban J connectivity index is 1.61. The number of hydrogen-bond donors (Lipinski definition) is 1. The lowest BCUT2D eigenvalue weighted by atomic mass is 10.1. The van der Waals surface area contributed by atoms with Crippen LogP contribution in [0.1, 0.15) is 46.1 Å². The number of nitrogens with zero attached hydrogens (tertiary/aromatic N) is 2. The molecule has 1 saturated carbocycles. The van der Waals surface area contributed by atoms with Gasteiger partial charge in [0.2, 0.25) is 5.75 Å². The van der Waals surface area contributed by atoms with E-state index in [1.807, 2.05) is 18.2 Å². The second-order valence-corrected chi connectivity index (χ2v) is 7.03. The lowest BCUT2D eigenvalue weighted by Crippen LogP contribution is -2.23. The summed E-state index contributed by atoms with van der Waals surface area (Å²) in [6, 6.07) is 5.48. The molecule has 1 amide bonds. The van der Waals surface area contributed by atoms with Gasteiger partial charge in [-0.15, -0.1) is 0 Å². The monoisotopic (exact) mass is 397 g/mol. The number of nitrogens with one attached hydrogen (secondary N) is 1. The molecule has 2 aromatic heterocycles. The van der Waals surface area contributed by atoms with Crippen molar-refractivity contribution in [3.63, 3.8) is 0 Å². The first-order valence-corrected chi connectivity index (χ1v) is 9.39. The van der Waals surface area contributed by atoms with Gasteiger partial charge in [0.05, 0.1) is 38.0 Å². The van der Waals surface area contributed by atoms with Crippen molar-refractivity contribution < 1.29 is 23.5 Å². The van der Waals surface area contributed by atoms with E-state index in [9.17, 15) is 4.79 Å². The van der Waals surface area contributed by atoms with E-state index in [4.69, 9.17) is 18.7 Å². The number of fused-ring (bicyclic) bond motifs is 1. The number of pyridine rings is 1. The number of aromatic nitrogens is 2. The van der Waals surface area contributed by atoms with E-state index in [2.05, 4.69) is 15.5 Å². The van der Waals surface area contributed by atoms with Gasteiger partial charge in [0.25, 0.3) is 11.6 Å². The molecule has 1 N–H and O–H groups in total. The molecule has 3 aromatic rings. The Hall–Kier alpha value is -3.29. The van der Waals surface area contributed by atoms with Crippen molar-refractivity contribution in [3.05, 3.63) is 40.7 Å². The molecule has 8 heteroatoms. The highest BCUT2D eigenvalue weighted by Gasteiger charge is 2.28. The Morgan fingerprint density at radius 3 is 2.41 bits per heavy atom. The van der Waals surface area contributed by atoms with Crippen LogP contribution in [-0.2, 0) is 6.54 Å². The predicted octanol–water partition coefficient (Wildman–Crippen LogP) is 3.36. The van der Waals surface area contributed by atoms with Gasteiger partial charge in [0, 0.05) is 18.2 Å². The summed E-state index contributed by atoms with van der Waals surface area (Å²) in [5, 5.41) is 7.59. The third kappa shape index (κ3) is 3.57. The van der Waals surface area contributed by atoms with Gasteiger partial charge in [-0.1, -0.05) is 5.16 Å². The SMILES string of the molecule is COc1cc(CNC(=O)c2cc(C3CC3)nc3onc(C)c23)cc(OC)c1OC. The number of aryl methyl sites for hydroxylation is 1. The molecule has 0 unspecified atom stereocenters. The average Bonchev–Trinajstić information content (AvgIpc) is 3.53. The second kappa shape index (κ2) is 7.62. The lowest BCUT2D eigenvalue weighted by Gasteiger charge is -2.14. The molecule has 29 heavy (non-hydrogen) atoms. The van der Waals surface area contributed by atoms with Crippen molar-refractivity contribution in [3.8, 4) is 17.2 Å². The molecule has 4 rings (SSSR count). The summed E-state index contributed by atoms with van der Waals surface area (Å²) < 4.78 is 21.4. The maximum atomic E-state index is 13.0. The molecule has 0 saturated heterocycles. The number of carbonyl (C=O) groups is 1. The number of ether oxygens (including phenoxy) is 3. The minimum Gasteiger partial charge on any atom is -0.493 e. The Bertz CT molecular complexity index is 1050. The first-order chi connectivity index (χ1) is 14.0. The predicted molar refractivity (Wildman–Crippen MR) is 106 cm³/mol. The number of carbonyl (C=O) groups excluding carboxylic acids is 1. The maximum Gasteiger partial charge on any atom is 0.259 e. The van der Waals surface area contributed by atoms with Crippen LogP contribution in [0.5, 0.6) is 17.2 Å². The molecule has 1 aliphatic rings. The molecule has 152 valence electrons. The molecular formula is C21H23N3O5. The van der Waals surface area contributed by atoms with E-state index in [1.165, 1.54) is 0 Å². The van der Waals surface area contributed by atoms with Crippen LogP contribution in [0.15, 0.2) is 22.7 Å². The Labute approximate surface area is 168 Å². The first kappa shape index (κ1) is 19.0. The standard InChI is InChI=1S/C21H23N3O5/c1-11-18-14(9-15(13-5-6-13)23-21(18)29-24-11)20(25)22-10-12-7-16(26-2)19(28-4)17(8-12)27-3/h7-9,13H,5-6,10H2,1-4H3,(H,22,25). The summed E-state index contributed by atoms with van der Waals surface area (Å²) in [7, 11) is 4.66. The maximum absolute atomic E-state index is 13.0. The van der Waals surface area contributed by atoms with Crippen LogP contribution in [0.2, 0.25) is 0 Å². The fourth-order valence-electron chi connectivity index (χ4n) is 3.40. The fourth-order valence-corrected chi connectivity index (χ4v) is 3.40. The Morgan fingerprint density at radius 2 is 1.83 bits per heavy atom. The summed E-state index contributed by atoms with van der Waals surface area (Å²) in [5.41, 5.74) is 3.29. The second-order valence-electron chi connectivity index (χ2n) is 7.03. The first-order valence-electron chi connectivity index (χ1n) is 9.39. The van der Waals surface area contributed by atoms with Gasteiger partial charge in [-0.05, 0) is 43.5 Å². The zero-order valence-corrected chi connectivity index (χ0v) is 16.9. The summed E-state index contributed by atoms with van der Waals surface area (Å²) >= 11 is 0.